The maximum absolute atomic E-state index is 12.9. The number of aromatic nitrogens is 4. The quantitative estimate of drug-likeness (QED) is 0.515. The maximum atomic E-state index is 12.9. The van der Waals surface area contributed by atoms with Crippen LogP contribution in [0.5, 0.6) is 0 Å². The van der Waals surface area contributed by atoms with Gasteiger partial charge in [-0.2, -0.15) is 23.4 Å². The lowest BCUT2D eigenvalue weighted by atomic mass is 10.1. The van der Waals surface area contributed by atoms with Gasteiger partial charge in [-0.15, -0.1) is 0 Å². The van der Waals surface area contributed by atoms with E-state index in [2.05, 4.69) is 16.8 Å². The molecule has 11 heteroatoms. The van der Waals surface area contributed by atoms with E-state index in [4.69, 9.17) is 4.74 Å². The van der Waals surface area contributed by atoms with E-state index in [-0.39, 0.29) is 31.2 Å². The number of benzene rings is 1. The third kappa shape index (κ3) is 4.93. The number of carbonyl (C=O) groups is 1. The molecule has 0 spiro atoms. The number of nitrogens with zero attached hydrogens (tertiary/aromatic N) is 5. The largest absolute Gasteiger partial charge is 0.416 e. The maximum Gasteiger partial charge on any atom is 0.416 e. The van der Waals surface area contributed by atoms with Crippen LogP contribution >= 0.6 is 0 Å². The summed E-state index contributed by atoms with van der Waals surface area (Å²) in [4.78, 5) is 26.6. The Bertz CT molecular complexity index is 1250. The Morgan fingerprint density at radius 3 is 2.47 bits per heavy atom. The third-order valence-corrected chi connectivity index (χ3v) is 5.65. The van der Waals surface area contributed by atoms with E-state index in [1.54, 1.807) is 30.3 Å². The zero-order valence-electron chi connectivity index (χ0n) is 18.3. The summed E-state index contributed by atoms with van der Waals surface area (Å²) in [5, 5.41) is 8.40. The molecule has 0 unspecified atom stereocenters. The van der Waals surface area contributed by atoms with Crippen LogP contribution in [0.15, 0.2) is 66.4 Å². The molecule has 1 amide bonds. The van der Waals surface area contributed by atoms with Crippen molar-refractivity contribution in [2.24, 2.45) is 7.05 Å². The van der Waals surface area contributed by atoms with Gasteiger partial charge >= 0.3 is 6.18 Å². The van der Waals surface area contributed by atoms with Crippen LogP contribution in [0.25, 0.3) is 11.1 Å². The van der Waals surface area contributed by atoms with Crippen molar-refractivity contribution in [3.8, 4) is 11.1 Å². The average molecular weight is 473 g/mol. The second-order valence-corrected chi connectivity index (χ2v) is 7.99. The summed E-state index contributed by atoms with van der Waals surface area (Å²) in [5.41, 5.74) is 0.759. The highest BCUT2D eigenvalue weighted by Gasteiger charge is 2.38. The highest BCUT2D eigenvalue weighted by molar-refractivity contribution is 5.87. The number of carbonyl (C=O) groups excluding carboxylic acids is 1. The Morgan fingerprint density at radius 1 is 1.18 bits per heavy atom. The molecule has 2 aromatic heterocycles. The van der Waals surface area contributed by atoms with Gasteiger partial charge in [0.2, 0.25) is 5.91 Å². The average Bonchev–Trinajstić information content (AvgIpc) is 3.43. The van der Waals surface area contributed by atoms with Gasteiger partial charge in [0.25, 0.3) is 5.56 Å². The molecule has 1 aromatic carbocycles. The third-order valence-electron chi connectivity index (χ3n) is 5.65. The second kappa shape index (κ2) is 9.26. The minimum atomic E-state index is -4.42. The van der Waals surface area contributed by atoms with Crippen molar-refractivity contribution < 1.29 is 22.7 Å². The Balaban J connectivity index is 1.55. The molecule has 1 fully saturated rings. The topological polar surface area (TPSA) is 82.3 Å². The van der Waals surface area contributed by atoms with E-state index in [0.29, 0.717) is 11.1 Å². The molecule has 2 atom stereocenters. The van der Waals surface area contributed by atoms with E-state index in [0.717, 1.165) is 17.7 Å². The summed E-state index contributed by atoms with van der Waals surface area (Å²) in [5.74, 6) is -0.314. The SMILES string of the molecule is C=CC(=O)N1C[C@@H](n2ncc(-c3cnn(C)c3)cc2=O)[C@H](OCc2ccc(C(F)(F)F)cc2)C1. The number of hydrogen-bond acceptors (Lipinski definition) is 5. The summed E-state index contributed by atoms with van der Waals surface area (Å²) >= 11 is 0. The Kier molecular flexibility index (Phi) is 6.38. The van der Waals surface area contributed by atoms with E-state index in [9.17, 15) is 22.8 Å². The molecule has 1 saturated heterocycles. The van der Waals surface area contributed by atoms with Crippen molar-refractivity contribution >= 4 is 5.91 Å². The highest BCUT2D eigenvalue weighted by Crippen LogP contribution is 2.30. The van der Waals surface area contributed by atoms with E-state index >= 15 is 0 Å². The Labute approximate surface area is 192 Å². The molecule has 178 valence electrons. The van der Waals surface area contributed by atoms with Crippen LogP contribution in [-0.2, 0) is 29.4 Å². The molecule has 4 rings (SSSR count). The van der Waals surface area contributed by atoms with Crippen molar-refractivity contribution in [2.45, 2.75) is 24.9 Å². The molecule has 8 nitrogen and oxygen atoms in total. The lowest BCUT2D eigenvalue weighted by Crippen LogP contribution is -2.34. The number of halogens is 3. The van der Waals surface area contributed by atoms with Crippen LogP contribution in [-0.4, -0.2) is 49.6 Å². The van der Waals surface area contributed by atoms with Gasteiger partial charge in [0, 0.05) is 43.5 Å². The van der Waals surface area contributed by atoms with Gasteiger partial charge in [0.1, 0.15) is 6.04 Å². The van der Waals surface area contributed by atoms with E-state index in [1.165, 1.54) is 33.9 Å². The fraction of sp³-hybridized carbons (Fsp3) is 0.304. The number of aryl methyl sites for hydroxylation is 1. The van der Waals surface area contributed by atoms with Gasteiger partial charge in [-0.05, 0) is 23.8 Å². The first-order valence-electron chi connectivity index (χ1n) is 10.4. The zero-order chi connectivity index (χ0) is 24.5. The standard InChI is InChI=1S/C23H22F3N5O3/c1-3-21(32)30-12-19(31-22(33)8-16(9-28-31)17-10-27-29(2)11-17)20(13-30)34-14-15-4-6-18(7-5-15)23(24,25)26/h3-11,19-20H,1,12-14H2,2H3/t19-,20-/m1/s1. The van der Waals surface area contributed by atoms with Crippen molar-refractivity contribution in [3.05, 3.63) is 83.1 Å². The first-order chi connectivity index (χ1) is 16.2. The van der Waals surface area contributed by atoms with Crippen molar-refractivity contribution in [1.82, 2.24) is 24.5 Å². The molecular weight excluding hydrogens is 451 g/mol. The number of alkyl halides is 3. The molecule has 0 bridgehead atoms. The fourth-order valence-electron chi connectivity index (χ4n) is 3.85. The van der Waals surface area contributed by atoms with E-state index in [1.807, 2.05) is 0 Å². The smallest absolute Gasteiger partial charge is 0.369 e. The van der Waals surface area contributed by atoms with Crippen LogP contribution < -0.4 is 5.56 Å². The molecule has 0 aliphatic carbocycles. The number of hydrogen-bond donors (Lipinski definition) is 0. The first-order valence-corrected chi connectivity index (χ1v) is 10.4. The van der Waals surface area contributed by atoms with Crippen LogP contribution in [0.3, 0.4) is 0 Å². The van der Waals surface area contributed by atoms with Gasteiger partial charge in [-0.3, -0.25) is 14.3 Å². The number of rotatable bonds is 6. The summed E-state index contributed by atoms with van der Waals surface area (Å²) in [7, 11) is 1.76. The van der Waals surface area contributed by atoms with Crippen LogP contribution in [0, 0.1) is 0 Å². The highest BCUT2D eigenvalue weighted by atomic mass is 19.4. The number of likely N-dealkylation sites (tertiary alicyclic amines) is 1. The molecule has 1 aliphatic rings. The minimum Gasteiger partial charge on any atom is -0.369 e. The minimum absolute atomic E-state index is 0.0118. The molecule has 3 heterocycles. The lowest BCUT2D eigenvalue weighted by Gasteiger charge is -2.20. The van der Waals surface area contributed by atoms with Crippen molar-refractivity contribution in [3.63, 3.8) is 0 Å². The molecule has 0 saturated carbocycles. The Hall–Kier alpha value is -3.73. The van der Waals surface area contributed by atoms with E-state index < -0.39 is 23.9 Å². The second-order valence-electron chi connectivity index (χ2n) is 7.99. The van der Waals surface area contributed by atoms with Crippen LogP contribution in [0.4, 0.5) is 13.2 Å². The van der Waals surface area contributed by atoms with Crippen molar-refractivity contribution in [2.75, 3.05) is 13.1 Å². The number of amides is 1. The summed E-state index contributed by atoms with van der Waals surface area (Å²) in [6, 6.07) is 5.52. The monoisotopic (exact) mass is 473 g/mol. The molecule has 1 aliphatic heterocycles. The number of ether oxygens (including phenoxy) is 1. The van der Waals surface area contributed by atoms with Gasteiger partial charge in [0.05, 0.1) is 30.7 Å². The van der Waals surface area contributed by atoms with Crippen molar-refractivity contribution in [1.29, 1.82) is 0 Å². The van der Waals surface area contributed by atoms with Crippen LogP contribution in [0.1, 0.15) is 17.2 Å². The summed E-state index contributed by atoms with van der Waals surface area (Å²) in [6.45, 7) is 3.88. The lowest BCUT2D eigenvalue weighted by molar-refractivity contribution is -0.137. The van der Waals surface area contributed by atoms with Crippen LogP contribution in [0.2, 0.25) is 0 Å². The van der Waals surface area contributed by atoms with Gasteiger partial charge in [-0.1, -0.05) is 18.7 Å². The molecule has 0 N–H and O–H groups in total. The first kappa shape index (κ1) is 23.4. The summed E-state index contributed by atoms with van der Waals surface area (Å²) < 4.78 is 47.2. The molecule has 3 aromatic rings. The van der Waals surface area contributed by atoms with Gasteiger partial charge in [0.15, 0.2) is 0 Å². The van der Waals surface area contributed by atoms with Gasteiger partial charge in [-0.25, -0.2) is 4.68 Å². The molecule has 34 heavy (non-hydrogen) atoms. The normalized spacial score (nSPS) is 18.3. The predicted molar refractivity (Wildman–Crippen MR) is 117 cm³/mol. The Morgan fingerprint density at radius 2 is 1.88 bits per heavy atom. The zero-order valence-corrected chi connectivity index (χ0v) is 18.3. The predicted octanol–water partition coefficient (Wildman–Crippen LogP) is 2.82. The molecular formula is C23H22F3N5O3. The van der Waals surface area contributed by atoms with Gasteiger partial charge < -0.3 is 9.64 Å². The summed E-state index contributed by atoms with van der Waals surface area (Å²) in [6.07, 6.45) is 1.09. The molecule has 0 radical (unpaired) electrons. The fourth-order valence-corrected chi connectivity index (χ4v) is 3.85.